The standard InChI is InChI=1S/C20H33NO7.C9H18NO2.C3H8.3Re/c1-4-15(16(20(27)28)8-9-17(22)14(2)3)10-12-21(13-19(25)26)11-6-5-7-18(23)24;1-4-6-10(7-9(11)12)8(3)5-2;1-3-2;;;/h6,12,14-16H,4-5,7-11,13H2,1-3H3,(H,23,24)(H,25,26)(H,27,28);4,8H,5-7H2,1-3H3,(H,11,12);3H2,1-2H3;;;/q-2;-1;;;;. The molecule has 0 bridgehead atoms. The molecule has 3 radical (unpaired) electrons. The second-order valence-corrected chi connectivity index (χ2v) is 10.9. The molecule has 0 fully saturated rings. The number of ketones is 1. The Balaban J connectivity index is -0.000000187. The molecule has 0 aromatic heterocycles. The molecule has 0 aliphatic rings. The molecular weight excluding hydrogens is 1110 g/mol. The Bertz CT molecular complexity index is 790. The van der Waals surface area contributed by atoms with E-state index in [1.54, 1.807) is 31.7 Å². The van der Waals surface area contributed by atoms with Gasteiger partial charge in [0, 0.05) is 86.1 Å². The van der Waals surface area contributed by atoms with Gasteiger partial charge >= 0.3 is 23.9 Å². The summed E-state index contributed by atoms with van der Waals surface area (Å²) in [7, 11) is 0. The molecule has 0 saturated carbocycles. The fraction of sp³-hybridized carbons (Fsp3) is 0.750. The topological polar surface area (TPSA) is 173 Å². The first-order valence-corrected chi connectivity index (χ1v) is 15.4. The van der Waals surface area contributed by atoms with Crippen LogP contribution in [0, 0.1) is 37.1 Å². The molecule has 0 spiro atoms. The fourth-order valence-corrected chi connectivity index (χ4v) is 3.97. The summed E-state index contributed by atoms with van der Waals surface area (Å²) < 4.78 is 0. The number of unbranched alkanes of at least 4 members (excludes halogenated alkanes) is 1. The van der Waals surface area contributed by atoms with Crippen molar-refractivity contribution in [3.63, 3.8) is 0 Å². The maximum absolute atomic E-state index is 11.8. The van der Waals surface area contributed by atoms with Crippen molar-refractivity contribution in [2.75, 3.05) is 26.2 Å². The predicted octanol–water partition coefficient (Wildman–Crippen LogP) is 5.53. The van der Waals surface area contributed by atoms with E-state index in [-0.39, 0.29) is 118 Å². The van der Waals surface area contributed by atoms with Crippen molar-refractivity contribution in [2.24, 2.45) is 17.8 Å². The van der Waals surface area contributed by atoms with Gasteiger partial charge in [-0.05, 0) is 19.8 Å². The first-order valence-electron chi connectivity index (χ1n) is 15.4. The second kappa shape index (κ2) is 37.3. The number of hydrogen-bond acceptors (Lipinski definition) is 7. The Labute approximate surface area is 319 Å². The quantitative estimate of drug-likeness (QED) is 0.0750. The molecule has 0 aliphatic carbocycles. The summed E-state index contributed by atoms with van der Waals surface area (Å²) in [6.07, 6.45) is 7.67. The van der Waals surface area contributed by atoms with Crippen LogP contribution in [0.5, 0.6) is 0 Å². The monoisotopic (exact) mass is 1180 g/mol. The number of carbonyl (C=O) groups is 5. The Morgan fingerprint density at radius 1 is 0.739 bits per heavy atom. The molecule has 0 rings (SSSR count). The number of aliphatic carboxylic acids is 4. The van der Waals surface area contributed by atoms with Crippen LogP contribution in [0.1, 0.15) is 107 Å². The minimum atomic E-state index is -1.02. The van der Waals surface area contributed by atoms with Crippen molar-refractivity contribution in [2.45, 2.75) is 113 Å². The number of carboxylic acid groups (broad SMARTS) is 4. The number of Topliss-reactive ketones (excluding diaryl/α,β-unsaturated/α-hetero) is 1. The number of rotatable bonds is 23. The first-order chi connectivity index (χ1) is 20.1. The van der Waals surface area contributed by atoms with Crippen molar-refractivity contribution in [3.05, 3.63) is 19.4 Å². The third-order valence-corrected chi connectivity index (χ3v) is 6.66. The van der Waals surface area contributed by atoms with E-state index in [2.05, 4.69) is 20.8 Å². The van der Waals surface area contributed by atoms with E-state index in [9.17, 15) is 29.1 Å². The van der Waals surface area contributed by atoms with Crippen LogP contribution < -0.4 is 0 Å². The normalized spacial score (nSPS) is 12.1. The van der Waals surface area contributed by atoms with Gasteiger partial charge in [0.25, 0.3) is 0 Å². The van der Waals surface area contributed by atoms with Gasteiger partial charge in [-0.2, -0.15) is 26.3 Å². The molecule has 0 aromatic carbocycles. The van der Waals surface area contributed by atoms with E-state index in [1.807, 2.05) is 32.1 Å². The summed E-state index contributed by atoms with van der Waals surface area (Å²) in [6, 6.07) is 0.345. The molecule has 0 amide bonds. The Morgan fingerprint density at radius 3 is 1.63 bits per heavy atom. The maximum Gasteiger partial charge on any atom is 0.317 e. The third-order valence-electron chi connectivity index (χ3n) is 6.66. The van der Waals surface area contributed by atoms with Crippen LogP contribution in [-0.4, -0.2) is 92.1 Å². The Hall–Kier alpha value is -0.543. The number of hydrogen-bond donors (Lipinski definition) is 4. The third kappa shape index (κ3) is 34.8. The summed E-state index contributed by atoms with van der Waals surface area (Å²) in [5.74, 6) is -4.63. The molecule has 3 unspecified atom stereocenters. The first kappa shape index (κ1) is 57.7. The van der Waals surface area contributed by atoms with E-state index in [1.165, 1.54) is 6.42 Å². The number of nitrogens with zero attached hydrogens (tertiary/aromatic N) is 2. The van der Waals surface area contributed by atoms with Gasteiger partial charge in [-0.25, -0.2) is 0 Å². The van der Waals surface area contributed by atoms with Crippen molar-refractivity contribution in [1.82, 2.24) is 9.80 Å². The summed E-state index contributed by atoms with van der Waals surface area (Å²) in [5, 5.41) is 35.9. The molecular formula is C32H59N2O9Re3-3. The number of carboxylic acids is 4. The zero-order chi connectivity index (χ0) is 34.0. The summed E-state index contributed by atoms with van der Waals surface area (Å²) >= 11 is 0. The molecule has 275 valence electrons. The molecule has 46 heavy (non-hydrogen) atoms. The van der Waals surface area contributed by atoms with Gasteiger partial charge in [0.2, 0.25) is 0 Å². The molecule has 0 heterocycles. The van der Waals surface area contributed by atoms with Gasteiger partial charge in [-0.15, -0.1) is 6.54 Å². The predicted molar refractivity (Wildman–Crippen MR) is 168 cm³/mol. The van der Waals surface area contributed by atoms with Crippen LogP contribution in [-0.2, 0) is 85.2 Å². The molecule has 14 heteroatoms. The van der Waals surface area contributed by atoms with Crippen LogP contribution >= 0.6 is 0 Å². The summed E-state index contributed by atoms with van der Waals surface area (Å²) in [4.78, 5) is 59.1. The molecule has 11 nitrogen and oxygen atoms in total. The minimum absolute atomic E-state index is 0. The van der Waals surface area contributed by atoms with E-state index in [0.29, 0.717) is 25.3 Å². The van der Waals surface area contributed by atoms with Crippen molar-refractivity contribution < 1.29 is 106 Å². The summed E-state index contributed by atoms with van der Waals surface area (Å²) in [5.41, 5.74) is 0. The van der Waals surface area contributed by atoms with Crippen LogP contribution in [0.2, 0.25) is 0 Å². The van der Waals surface area contributed by atoms with E-state index < -0.39 is 29.8 Å². The number of carbonyl (C=O) groups excluding carboxylic acids is 1. The van der Waals surface area contributed by atoms with Crippen LogP contribution in [0.4, 0.5) is 0 Å². The van der Waals surface area contributed by atoms with Crippen molar-refractivity contribution in [3.8, 4) is 0 Å². The molecule has 4 N–H and O–H groups in total. The van der Waals surface area contributed by atoms with Gasteiger partial charge in [-0.1, -0.05) is 60.3 Å². The average Bonchev–Trinajstić information content (AvgIpc) is 2.91. The van der Waals surface area contributed by atoms with E-state index >= 15 is 0 Å². The van der Waals surface area contributed by atoms with Crippen LogP contribution in [0.15, 0.2) is 0 Å². The SMILES string of the molecule is CCC.CCC(C[CH-]N(C[CH-]CCC(=O)O)CC(=O)O)C(CCC(=O)C(C)C)C(=O)O.C[CH-]CN(CC(=O)O)C(C)CC.[Re].[Re].[Re]. The largest absolute Gasteiger partial charge is 0.481 e. The molecule has 0 saturated heterocycles. The smallest absolute Gasteiger partial charge is 0.317 e. The zero-order valence-corrected chi connectivity index (χ0v) is 37.0. The van der Waals surface area contributed by atoms with Gasteiger partial charge < -0.3 is 43.1 Å². The average molecular weight is 1170 g/mol. The molecule has 0 aliphatic heterocycles. The van der Waals surface area contributed by atoms with Gasteiger partial charge in [0.15, 0.2) is 0 Å². The van der Waals surface area contributed by atoms with Crippen molar-refractivity contribution in [1.29, 1.82) is 0 Å². The summed E-state index contributed by atoms with van der Waals surface area (Å²) in [6.45, 7) is 18.4. The fourth-order valence-electron chi connectivity index (χ4n) is 3.97. The van der Waals surface area contributed by atoms with E-state index in [0.717, 1.165) is 13.0 Å². The van der Waals surface area contributed by atoms with Gasteiger partial charge in [0.05, 0.1) is 19.0 Å². The van der Waals surface area contributed by atoms with Gasteiger partial charge in [0.1, 0.15) is 5.78 Å². The van der Waals surface area contributed by atoms with Crippen LogP contribution in [0.3, 0.4) is 0 Å². The maximum atomic E-state index is 11.8. The van der Waals surface area contributed by atoms with Gasteiger partial charge in [-0.3, -0.25) is 30.5 Å². The molecule has 0 aromatic rings. The second-order valence-electron chi connectivity index (χ2n) is 10.9. The van der Waals surface area contributed by atoms with E-state index in [4.69, 9.17) is 15.3 Å². The zero-order valence-electron chi connectivity index (χ0n) is 28.9. The van der Waals surface area contributed by atoms with Crippen molar-refractivity contribution >= 4 is 29.7 Å². The Kier molecular flexibility index (Phi) is 46.8. The molecule has 3 atom stereocenters. The Morgan fingerprint density at radius 2 is 1.26 bits per heavy atom. The van der Waals surface area contributed by atoms with Crippen LogP contribution in [0.25, 0.3) is 0 Å². The minimum Gasteiger partial charge on any atom is -0.481 e.